The fourth-order valence-electron chi connectivity index (χ4n) is 0. The minimum absolute atomic E-state index is 0. The quantitative estimate of drug-likeness (QED) is 0.435. The molecule has 0 heterocycles. The van der Waals surface area contributed by atoms with Gasteiger partial charge in [0, 0.05) is 0 Å². The summed E-state index contributed by atoms with van der Waals surface area (Å²) in [5, 5.41) is 0. The molecule has 4 heteroatoms. The maximum absolute atomic E-state index is 0. The summed E-state index contributed by atoms with van der Waals surface area (Å²) in [6.45, 7) is 0. The molecule has 2 nitrogen and oxygen atoms in total. The van der Waals surface area contributed by atoms with E-state index in [4.69, 9.17) is 0 Å². The summed E-state index contributed by atoms with van der Waals surface area (Å²) >= 11 is 0. The van der Waals surface area contributed by atoms with Gasteiger partial charge in [-0.05, 0) is 0 Å². The van der Waals surface area contributed by atoms with E-state index in [-0.39, 0.29) is 47.2 Å². The second kappa shape index (κ2) is 34.2. The summed E-state index contributed by atoms with van der Waals surface area (Å²) in [6, 6.07) is 0. The first-order valence-electron chi connectivity index (χ1n) is 0. The summed E-state index contributed by atoms with van der Waals surface area (Å²) in [6.07, 6.45) is 0. The molecule has 0 aromatic rings. The molecule has 0 saturated heterocycles. The molecule has 0 aliphatic heterocycles. The van der Waals surface area contributed by atoms with Crippen LogP contribution in [0.3, 0.4) is 0 Å². The summed E-state index contributed by atoms with van der Waals surface area (Å²) in [5.74, 6) is 0. The van der Waals surface area contributed by atoms with Crippen LogP contribution in [0.15, 0.2) is 0 Å². The van der Waals surface area contributed by atoms with Crippen LogP contribution in [0.25, 0.3) is 0 Å². The van der Waals surface area contributed by atoms with Crippen LogP contribution in [0.4, 0.5) is 0 Å². The molecule has 23 valence electrons. The normalized spacial score (nSPS) is 0. The van der Waals surface area contributed by atoms with Gasteiger partial charge in [0.05, 0.1) is 0 Å². The molecular formula is CoO2Zn. The van der Waals surface area contributed by atoms with E-state index in [2.05, 4.69) is 0 Å². The second-order valence-electron chi connectivity index (χ2n) is 0. The Morgan fingerprint density at radius 3 is 0.750 bits per heavy atom. The van der Waals surface area contributed by atoms with Gasteiger partial charge in [0.2, 0.25) is 0 Å². The molecule has 0 spiro atoms. The first-order valence-corrected chi connectivity index (χ1v) is 0. The Morgan fingerprint density at radius 1 is 0.750 bits per heavy atom. The average Bonchev–Trinajstić information content (AvgIpc) is 0. The first kappa shape index (κ1) is 75.1. The number of hydrogen-bond acceptors (Lipinski definition) is 0. The number of hydrogen-bond donors (Lipinski definition) is 0. The maximum Gasteiger partial charge on any atom is 2.00 e. The van der Waals surface area contributed by atoms with Crippen LogP contribution in [0, 0.1) is 0 Å². The molecule has 0 bridgehead atoms. The van der Waals surface area contributed by atoms with Crippen molar-refractivity contribution < 1.29 is 47.2 Å². The molecule has 0 aliphatic rings. The van der Waals surface area contributed by atoms with Crippen molar-refractivity contribution in [2.24, 2.45) is 0 Å². The van der Waals surface area contributed by atoms with E-state index >= 15 is 0 Å². The average molecular weight is 156 g/mol. The van der Waals surface area contributed by atoms with Crippen molar-refractivity contribution in [3.8, 4) is 0 Å². The van der Waals surface area contributed by atoms with Gasteiger partial charge in [0.1, 0.15) is 0 Å². The van der Waals surface area contributed by atoms with Gasteiger partial charge in [-0.15, -0.1) is 0 Å². The fourth-order valence-corrected chi connectivity index (χ4v) is 0. The van der Waals surface area contributed by atoms with Crippen LogP contribution in [-0.4, -0.2) is 0 Å². The first-order chi connectivity index (χ1) is 0. The fraction of sp³-hybridized carbons (Fsp3) is 0. The maximum atomic E-state index is 0. The predicted octanol–water partition coefficient (Wildman–Crippen LogP) is -0.243. The van der Waals surface area contributed by atoms with E-state index in [0.717, 1.165) is 0 Å². The van der Waals surface area contributed by atoms with Crippen LogP contribution >= 0.6 is 0 Å². The Hall–Kier alpha value is 1.05. The third-order valence-electron chi connectivity index (χ3n) is 0. The Labute approximate surface area is 47.5 Å². The summed E-state index contributed by atoms with van der Waals surface area (Å²) in [5.41, 5.74) is 0. The molecule has 4 heavy (non-hydrogen) atoms. The number of rotatable bonds is 0. The summed E-state index contributed by atoms with van der Waals surface area (Å²) in [4.78, 5) is 0. The van der Waals surface area contributed by atoms with E-state index < -0.39 is 0 Å². The Bertz CT molecular complexity index is 6.00. The van der Waals surface area contributed by atoms with Gasteiger partial charge in [-0.2, -0.15) is 0 Å². The molecule has 0 atom stereocenters. The van der Waals surface area contributed by atoms with E-state index in [1.807, 2.05) is 0 Å². The van der Waals surface area contributed by atoms with Gasteiger partial charge in [-0.1, -0.05) is 0 Å². The standard InChI is InChI=1S/Co.2O.Zn/q+2;2*-2;+2. The van der Waals surface area contributed by atoms with Crippen LogP contribution in [0.1, 0.15) is 0 Å². The van der Waals surface area contributed by atoms with E-state index in [9.17, 15) is 0 Å². The third-order valence-corrected chi connectivity index (χ3v) is 0. The SMILES string of the molecule is [Co+2].[O-2].[O-2].[Zn+2]. The Morgan fingerprint density at radius 2 is 0.750 bits per heavy atom. The second-order valence-corrected chi connectivity index (χ2v) is 0. The monoisotopic (exact) mass is 155 g/mol. The largest absolute Gasteiger partial charge is 2.00 e. The minimum atomic E-state index is 0. The third kappa shape index (κ3) is 11.6. The van der Waals surface area contributed by atoms with Crippen LogP contribution in [0.2, 0.25) is 0 Å². The Balaban J connectivity index is 0. The molecule has 0 saturated carbocycles. The molecule has 1 radical (unpaired) electrons. The molecule has 0 aromatic carbocycles. The van der Waals surface area contributed by atoms with Crippen molar-refractivity contribution in [2.45, 2.75) is 0 Å². The van der Waals surface area contributed by atoms with Crippen LogP contribution in [0.5, 0.6) is 0 Å². The Kier molecular flexibility index (Phi) is 642. The zero-order valence-electron chi connectivity index (χ0n) is 1.86. The molecule has 0 amide bonds. The summed E-state index contributed by atoms with van der Waals surface area (Å²) in [7, 11) is 0. The zero-order chi connectivity index (χ0) is 0. The van der Waals surface area contributed by atoms with Crippen molar-refractivity contribution in [3.63, 3.8) is 0 Å². The molecule has 0 N–H and O–H groups in total. The topological polar surface area (TPSA) is 57.0 Å². The van der Waals surface area contributed by atoms with Crippen molar-refractivity contribution in [1.82, 2.24) is 0 Å². The van der Waals surface area contributed by atoms with Gasteiger partial charge in [0.15, 0.2) is 0 Å². The van der Waals surface area contributed by atoms with Crippen molar-refractivity contribution in [1.29, 1.82) is 0 Å². The van der Waals surface area contributed by atoms with Gasteiger partial charge >= 0.3 is 36.3 Å². The van der Waals surface area contributed by atoms with Gasteiger partial charge in [-0.25, -0.2) is 0 Å². The summed E-state index contributed by atoms with van der Waals surface area (Å²) < 4.78 is 0. The van der Waals surface area contributed by atoms with E-state index in [1.54, 1.807) is 0 Å². The molecular weight excluding hydrogens is 156 g/mol. The predicted molar refractivity (Wildman–Crippen MR) is 1.37 cm³/mol. The van der Waals surface area contributed by atoms with Crippen molar-refractivity contribution in [2.75, 3.05) is 0 Å². The van der Waals surface area contributed by atoms with Crippen molar-refractivity contribution in [3.05, 3.63) is 0 Å². The molecule has 0 fully saturated rings. The molecule has 0 unspecified atom stereocenters. The zero-order valence-corrected chi connectivity index (χ0v) is 5.87. The molecule has 0 aromatic heterocycles. The van der Waals surface area contributed by atoms with Gasteiger partial charge < -0.3 is 11.0 Å². The van der Waals surface area contributed by atoms with Crippen LogP contribution in [-0.2, 0) is 47.2 Å². The van der Waals surface area contributed by atoms with E-state index in [0.29, 0.717) is 0 Å². The van der Waals surface area contributed by atoms with Crippen LogP contribution < -0.4 is 0 Å². The van der Waals surface area contributed by atoms with E-state index in [1.165, 1.54) is 0 Å². The molecule has 0 aliphatic carbocycles. The van der Waals surface area contributed by atoms with Crippen molar-refractivity contribution >= 4 is 0 Å². The van der Waals surface area contributed by atoms with Gasteiger partial charge in [0.25, 0.3) is 0 Å². The molecule has 0 rings (SSSR count). The van der Waals surface area contributed by atoms with Gasteiger partial charge in [-0.3, -0.25) is 0 Å². The minimum Gasteiger partial charge on any atom is -2.00 e. The smallest absolute Gasteiger partial charge is 2.00 e.